The first-order valence-electron chi connectivity index (χ1n) is 8.10. The Bertz CT molecular complexity index is 901. The quantitative estimate of drug-likeness (QED) is 0.670. The van der Waals surface area contributed by atoms with Crippen LogP contribution in [0, 0.1) is 0 Å². The third kappa shape index (κ3) is 4.17. The summed E-state index contributed by atoms with van der Waals surface area (Å²) < 4.78 is 33.4. The number of carbonyl (C=O) groups excluding carboxylic acids is 2. The van der Waals surface area contributed by atoms with E-state index in [9.17, 15) is 18.0 Å². The maximum Gasteiger partial charge on any atom is 0.242 e. The van der Waals surface area contributed by atoms with Gasteiger partial charge >= 0.3 is 0 Å². The lowest BCUT2D eigenvalue weighted by molar-refractivity contribution is -0.147. The molecular weight excluding hydrogens is 362 g/mol. The molecule has 0 aromatic carbocycles. The van der Waals surface area contributed by atoms with Crippen LogP contribution in [0.3, 0.4) is 0 Å². The van der Waals surface area contributed by atoms with E-state index in [0.29, 0.717) is 12.2 Å². The van der Waals surface area contributed by atoms with Gasteiger partial charge in [-0.15, -0.1) is 0 Å². The van der Waals surface area contributed by atoms with E-state index in [1.54, 1.807) is 0 Å². The number of sulfonamides is 1. The minimum Gasteiger partial charge on any atom is -0.348 e. The van der Waals surface area contributed by atoms with Gasteiger partial charge in [0.25, 0.3) is 0 Å². The van der Waals surface area contributed by atoms with Gasteiger partial charge in [-0.05, 0) is 18.6 Å². The van der Waals surface area contributed by atoms with Gasteiger partial charge in [-0.3, -0.25) is 14.5 Å². The predicted molar refractivity (Wildman–Crippen MR) is 89.9 cm³/mol. The highest BCUT2D eigenvalue weighted by molar-refractivity contribution is 7.89. The van der Waals surface area contributed by atoms with Gasteiger partial charge in [-0.2, -0.15) is 4.98 Å². The molecule has 2 aromatic heterocycles. The Hall–Kier alpha value is -2.53. The third-order valence-electron chi connectivity index (χ3n) is 4.05. The van der Waals surface area contributed by atoms with Crippen molar-refractivity contribution in [1.29, 1.82) is 0 Å². The van der Waals surface area contributed by atoms with Crippen molar-refractivity contribution in [3.8, 4) is 11.5 Å². The van der Waals surface area contributed by atoms with Crippen LogP contribution in [0.25, 0.3) is 11.5 Å². The van der Waals surface area contributed by atoms with Crippen LogP contribution < -0.4 is 4.72 Å². The molecule has 10 nitrogen and oxygen atoms in total. The van der Waals surface area contributed by atoms with Crippen LogP contribution in [-0.2, 0) is 33.2 Å². The number of imide groups is 1. The number of amides is 2. The second kappa shape index (κ2) is 7.38. The van der Waals surface area contributed by atoms with Crippen LogP contribution in [0.5, 0.6) is 0 Å². The molecule has 3 rings (SSSR count). The summed E-state index contributed by atoms with van der Waals surface area (Å²) >= 11 is 0. The van der Waals surface area contributed by atoms with E-state index < -0.39 is 10.0 Å². The maximum absolute atomic E-state index is 12.1. The van der Waals surface area contributed by atoms with E-state index >= 15 is 0 Å². The number of hydrogen-bond donors (Lipinski definition) is 1. The number of likely N-dealkylation sites (tertiary alicyclic amines) is 1. The molecule has 2 amide bonds. The Labute approximate surface area is 150 Å². The summed E-state index contributed by atoms with van der Waals surface area (Å²) in [5.74, 6) is -0.559. The third-order valence-corrected chi connectivity index (χ3v) is 5.36. The molecule has 1 aliphatic heterocycles. The van der Waals surface area contributed by atoms with Gasteiger partial charge in [0.05, 0.1) is 18.0 Å². The Kier molecular flexibility index (Phi) is 5.18. The molecule has 0 spiro atoms. The van der Waals surface area contributed by atoms with E-state index in [2.05, 4.69) is 14.9 Å². The topological polar surface area (TPSA) is 127 Å². The van der Waals surface area contributed by atoms with Gasteiger partial charge in [0.1, 0.15) is 0 Å². The monoisotopic (exact) mass is 381 g/mol. The highest BCUT2D eigenvalue weighted by atomic mass is 32.2. The molecule has 1 aliphatic rings. The number of carbonyl (C=O) groups is 2. The smallest absolute Gasteiger partial charge is 0.242 e. The van der Waals surface area contributed by atoms with Crippen LogP contribution in [-0.4, -0.2) is 52.1 Å². The fraction of sp³-hybridized carbons (Fsp3) is 0.467. The fourth-order valence-corrected chi connectivity index (χ4v) is 3.54. The van der Waals surface area contributed by atoms with Crippen LogP contribution >= 0.6 is 0 Å². The summed E-state index contributed by atoms with van der Waals surface area (Å²) in [7, 11) is -1.88. The SMILES string of the molecule is Cn1cccc1-c1noc(CNS(=O)(=O)CCN2C(=O)CCCC2=O)n1. The normalized spacial score (nSPS) is 15.7. The Morgan fingerprint density at radius 2 is 2.00 bits per heavy atom. The van der Waals surface area contributed by atoms with Gasteiger partial charge in [0.2, 0.25) is 33.6 Å². The fourth-order valence-electron chi connectivity index (χ4n) is 2.63. The van der Waals surface area contributed by atoms with Gasteiger partial charge in [0.15, 0.2) is 0 Å². The zero-order valence-electron chi connectivity index (χ0n) is 14.2. The number of aromatic nitrogens is 3. The largest absolute Gasteiger partial charge is 0.348 e. The molecule has 26 heavy (non-hydrogen) atoms. The van der Waals surface area contributed by atoms with E-state index in [0.717, 1.165) is 10.6 Å². The highest BCUT2D eigenvalue weighted by Gasteiger charge is 2.27. The zero-order chi connectivity index (χ0) is 18.7. The lowest BCUT2D eigenvalue weighted by Crippen LogP contribution is -2.43. The average Bonchev–Trinajstić information content (AvgIpc) is 3.21. The molecule has 1 saturated heterocycles. The summed E-state index contributed by atoms with van der Waals surface area (Å²) in [6.07, 6.45) is 2.88. The van der Waals surface area contributed by atoms with Crippen molar-refractivity contribution in [2.24, 2.45) is 7.05 Å². The van der Waals surface area contributed by atoms with Gasteiger partial charge in [0, 0.05) is 32.6 Å². The zero-order valence-corrected chi connectivity index (χ0v) is 15.0. The van der Waals surface area contributed by atoms with Gasteiger partial charge < -0.3 is 9.09 Å². The number of nitrogens with one attached hydrogen (secondary N) is 1. The molecular formula is C15H19N5O5S. The Morgan fingerprint density at radius 3 is 2.65 bits per heavy atom. The molecule has 0 atom stereocenters. The predicted octanol–water partition coefficient (Wildman–Crippen LogP) is 0.0336. The van der Waals surface area contributed by atoms with E-state index in [4.69, 9.17) is 4.52 Å². The summed E-state index contributed by atoms with van der Waals surface area (Å²) in [6.45, 7) is -0.326. The number of rotatable bonds is 7. The van der Waals surface area contributed by atoms with Crippen molar-refractivity contribution in [2.45, 2.75) is 25.8 Å². The Balaban J connectivity index is 1.55. The van der Waals surface area contributed by atoms with Crippen LogP contribution in [0.2, 0.25) is 0 Å². The van der Waals surface area contributed by atoms with E-state index in [1.165, 1.54) is 0 Å². The van der Waals surface area contributed by atoms with Crippen molar-refractivity contribution in [1.82, 2.24) is 24.3 Å². The van der Waals surface area contributed by atoms with Crippen molar-refractivity contribution < 1.29 is 22.5 Å². The van der Waals surface area contributed by atoms with Crippen molar-refractivity contribution in [3.63, 3.8) is 0 Å². The first-order chi connectivity index (χ1) is 12.4. The molecule has 11 heteroatoms. The lowest BCUT2D eigenvalue weighted by Gasteiger charge is -2.24. The molecule has 0 aliphatic carbocycles. The van der Waals surface area contributed by atoms with E-state index in [1.807, 2.05) is 29.9 Å². The second-order valence-corrected chi connectivity index (χ2v) is 7.88. The summed E-state index contributed by atoms with van der Waals surface area (Å²) in [5, 5.41) is 3.82. The summed E-state index contributed by atoms with van der Waals surface area (Å²) in [4.78, 5) is 28.5. The second-order valence-electron chi connectivity index (χ2n) is 5.95. The molecule has 0 saturated carbocycles. The molecule has 0 bridgehead atoms. The molecule has 140 valence electrons. The van der Waals surface area contributed by atoms with Crippen molar-refractivity contribution >= 4 is 21.8 Å². The molecule has 0 radical (unpaired) electrons. The maximum atomic E-state index is 12.1. The standard InChI is InChI=1S/C15H19N5O5S/c1-19-7-3-4-11(19)15-17-12(25-18-15)10-16-26(23,24)9-8-20-13(21)5-2-6-14(20)22/h3-4,7,16H,2,5-6,8-10H2,1H3. The molecule has 2 aromatic rings. The van der Waals surface area contributed by atoms with Crippen LogP contribution in [0.4, 0.5) is 0 Å². The minimum atomic E-state index is -3.71. The first-order valence-corrected chi connectivity index (χ1v) is 9.76. The molecule has 0 unspecified atom stereocenters. The van der Waals surface area contributed by atoms with Gasteiger partial charge in [-0.25, -0.2) is 13.1 Å². The van der Waals surface area contributed by atoms with Crippen molar-refractivity contribution in [2.75, 3.05) is 12.3 Å². The number of nitrogens with zero attached hydrogens (tertiary/aromatic N) is 4. The number of hydrogen-bond acceptors (Lipinski definition) is 7. The summed E-state index contributed by atoms with van der Waals surface area (Å²) in [5.41, 5.74) is 0.741. The lowest BCUT2D eigenvalue weighted by atomic mass is 10.1. The van der Waals surface area contributed by atoms with Crippen LogP contribution in [0.1, 0.15) is 25.2 Å². The molecule has 3 heterocycles. The number of aryl methyl sites for hydroxylation is 1. The summed E-state index contributed by atoms with van der Waals surface area (Å²) in [6, 6.07) is 3.64. The van der Waals surface area contributed by atoms with Crippen LogP contribution in [0.15, 0.2) is 22.9 Å². The van der Waals surface area contributed by atoms with E-state index in [-0.39, 0.29) is 49.4 Å². The molecule has 1 fully saturated rings. The minimum absolute atomic E-state index is 0.120. The highest BCUT2D eigenvalue weighted by Crippen LogP contribution is 2.15. The molecule has 1 N–H and O–H groups in total. The van der Waals surface area contributed by atoms with Gasteiger partial charge in [-0.1, -0.05) is 5.16 Å². The average molecular weight is 381 g/mol. The number of piperidine rings is 1. The van der Waals surface area contributed by atoms with Crippen molar-refractivity contribution in [3.05, 3.63) is 24.2 Å². The Morgan fingerprint density at radius 1 is 1.27 bits per heavy atom. The first kappa shape index (κ1) is 18.3.